The van der Waals surface area contributed by atoms with Crippen molar-refractivity contribution in [2.45, 2.75) is 39.4 Å². The van der Waals surface area contributed by atoms with Crippen molar-refractivity contribution in [3.05, 3.63) is 57.6 Å². The minimum atomic E-state index is -3.12. The second-order valence-corrected chi connectivity index (χ2v) is 11.4. The van der Waals surface area contributed by atoms with Crippen LogP contribution in [0, 0.1) is 9.39 Å². The van der Waals surface area contributed by atoms with Crippen LogP contribution < -0.4 is 26.2 Å². The van der Waals surface area contributed by atoms with E-state index in [1.807, 2.05) is 11.8 Å². The normalized spacial score (nSPS) is 14.6. The Bertz CT molecular complexity index is 825. The molecule has 0 saturated carbocycles. The average molecular weight is 551 g/mol. The van der Waals surface area contributed by atoms with Gasteiger partial charge in [0.25, 0.3) is 0 Å². The van der Waals surface area contributed by atoms with Crippen LogP contribution in [0.4, 0.5) is 4.39 Å². The number of hydrogen-bond donors (Lipinski definition) is 2. The molecule has 0 bridgehead atoms. The zero-order valence-electron chi connectivity index (χ0n) is 17.9. The van der Waals surface area contributed by atoms with Crippen molar-refractivity contribution >= 4 is 22.4 Å². The van der Waals surface area contributed by atoms with Crippen LogP contribution in [0.1, 0.15) is 34.1 Å². The third kappa shape index (κ3) is 8.75. The fourth-order valence-electron chi connectivity index (χ4n) is 2.48. The van der Waals surface area contributed by atoms with Crippen LogP contribution in [0.2, 0.25) is 0 Å². The quantitative estimate of drug-likeness (QED) is 0.124. The summed E-state index contributed by atoms with van der Waals surface area (Å²) < 4.78 is 43.4. The molecule has 0 aliphatic carbocycles. The summed E-state index contributed by atoms with van der Waals surface area (Å²) in [5.41, 5.74) is 1.27. The first-order valence-electron chi connectivity index (χ1n) is 9.65. The molecular weight excluding hydrogens is 520 g/mol. The summed E-state index contributed by atoms with van der Waals surface area (Å²) in [6.07, 6.45) is 3.77. The van der Waals surface area contributed by atoms with E-state index in [1.54, 1.807) is 38.3 Å². The third-order valence-corrected chi connectivity index (χ3v) is 7.98. The Morgan fingerprint density at radius 1 is 1.40 bits per heavy atom. The first kappa shape index (κ1) is 26.6. The zero-order chi connectivity index (χ0) is 22.7. The molecule has 0 heterocycles. The molecule has 1 aromatic carbocycles. The molecule has 0 aliphatic rings. The number of benzene rings is 1. The predicted octanol–water partition coefficient (Wildman–Crippen LogP) is 0.697. The summed E-state index contributed by atoms with van der Waals surface area (Å²) in [4.78, 5) is 14.2. The van der Waals surface area contributed by atoms with Gasteiger partial charge in [-0.2, -0.15) is 0 Å². The van der Waals surface area contributed by atoms with Crippen molar-refractivity contribution in [2.75, 3.05) is 19.6 Å². The number of carbonyl (C=O) groups excluding carboxylic acids is 1. The first-order valence-corrected chi connectivity index (χ1v) is 13.3. The van der Waals surface area contributed by atoms with Gasteiger partial charge in [-0.1, -0.05) is 0 Å². The predicted molar refractivity (Wildman–Crippen MR) is 117 cm³/mol. The van der Waals surface area contributed by atoms with Gasteiger partial charge in [-0.15, -0.1) is 0 Å². The maximum atomic E-state index is 13.1. The Balaban J connectivity index is 3.08. The molecule has 6 nitrogen and oxygen atoms in total. The molecular formula is C21H31FIN3O3S. The Hall–Kier alpha value is -1.43. The molecule has 0 amide bonds. The molecule has 0 aliphatic heterocycles. The number of ketones is 1. The van der Waals surface area contributed by atoms with Gasteiger partial charge in [-0.25, -0.2) is 0 Å². The Morgan fingerprint density at radius 3 is 2.53 bits per heavy atom. The number of allylic oxidation sites excluding steroid dienone is 3. The number of hydrogen-bond acceptors (Lipinski definition) is 4. The van der Waals surface area contributed by atoms with Gasteiger partial charge in [0.05, 0.1) is 0 Å². The molecule has 1 atom stereocenters. The second-order valence-electron chi connectivity index (χ2n) is 6.75. The summed E-state index contributed by atoms with van der Waals surface area (Å²) in [7, 11) is -3.12. The van der Waals surface area contributed by atoms with Crippen LogP contribution in [-0.2, 0) is 19.4 Å². The number of rotatable bonds is 13. The standard InChI is InChI=1S/C21H31FIN3O3S/c1-6-8-20(17(5)27)21(15-24-23-19-11-9-18(22)10-12-19)26(7-2)14-13-25-30(28,29)16(3)4/h6,9-12,15-16H,1,7-8,13-14H2,2-5H3,(H2,25,28,29)/b21-20+,24-15?. The average Bonchev–Trinajstić information content (AvgIpc) is 2.69. The second kappa shape index (κ2) is 13.1. The number of halogens is 2. The van der Waals surface area contributed by atoms with E-state index in [0.29, 0.717) is 30.8 Å². The van der Waals surface area contributed by atoms with Gasteiger partial charge >= 0.3 is 191 Å². The molecule has 0 fully saturated rings. The van der Waals surface area contributed by atoms with Crippen molar-refractivity contribution in [2.24, 2.45) is 3.21 Å². The molecule has 30 heavy (non-hydrogen) atoms. The molecule has 168 valence electrons. The van der Waals surface area contributed by atoms with Gasteiger partial charge in [-0.05, 0) is 0 Å². The van der Waals surface area contributed by atoms with E-state index in [0.717, 1.165) is 3.57 Å². The topological polar surface area (TPSA) is 82.0 Å². The van der Waals surface area contributed by atoms with Crippen LogP contribution in [0.5, 0.6) is 0 Å². The minimum absolute atomic E-state index is 0.0733. The van der Waals surface area contributed by atoms with E-state index in [2.05, 4.69) is 14.5 Å². The van der Waals surface area contributed by atoms with Gasteiger partial charge in [0.1, 0.15) is 0 Å². The van der Waals surface area contributed by atoms with Crippen LogP contribution in [0.3, 0.4) is 0 Å². The van der Waals surface area contributed by atoms with E-state index in [1.165, 1.54) is 19.1 Å². The summed E-state index contributed by atoms with van der Waals surface area (Å²) in [5.74, 6) is -0.362. The Morgan fingerprint density at radius 2 is 2.03 bits per heavy atom. The number of likely N-dealkylation sites (N-methyl/N-ethyl adjacent to an activating group) is 1. The van der Waals surface area contributed by atoms with Crippen molar-refractivity contribution < 1.29 is 39.4 Å². The monoisotopic (exact) mass is 551 g/mol. The Kier molecular flexibility index (Phi) is 11.6. The van der Waals surface area contributed by atoms with Gasteiger partial charge in [-0.3, -0.25) is 0 Å². The SMILES string of the molecule is C=CC/C(C(C)=O)=C(/C=N[I-]c1ccc(F)cc1)N(CC)CCN[S+](=O)(O)C(C)C. The van der Waals surface area contributed by atoms with Gasteiger partial charge in [0.2, 0.25) is 0 Å². The fourth-order valence-corrected chi connectivity index (χ4v) is 4.60. The summed E-state index contributed by atoms with van der Waals surface area (Å²) in [6.45, 7) is 11.9. The van der Waals surface area contributed by atoms with Crippen molar-refractivity contribution in [1.29, 1.82) is 0 Å². The van der Waals surface area contributed by atoms with Crippen molar-refractivity contribution in [3.63, 3.8) is 0 Å². The van der Waals surface area contributed by atoms with E-state index in [9.17, 15) is 17.9 Å². The molecule has 9 heteroatoms. The van der Waals surface area contributed by atoms with E-state index >= 15 is 0 Å². The molecule has 1 unspecified atom stereocenters. The number of nitrogens with one attached hydrogen (secondary N) is 1. The van der Waals surface area contributed by atoms with Crippen LogP contribution in [0.25, 0.3) is 0 Å². The van der Waals surface area contributed by atoms with Gasteiger partial charge in [0.15, 0.2) is 0 Å². The van der Waals surface area contributed by atoms with Gasteiger partial charge < -0.3 is 0 Å². The fraction of sp³-hybridized carbons (Fsp3) is 0.429. The van der Waals surface area contributed by atoms with Crippen LogP contribution >= 0.6 is 0 Å². The van der Waals surface area contributed by atoms with Crippen LogP contribution in [0.15, 0.2) is 51.4 Å². The molecule has 1 rings (SSSR count). The molecule has 0 aromatic heterocycles. The van der Waals surface area contributed by atoms with E-state index < -0.39 is 37.1 Å². The van der Waals surface area contributed by atoms with E-state index in [4.69, 9.17) is 0 Å². The number of carbonyl (C=O) groups is 1. The summed E-state index contributed by atoms with van der Waals surface area (Å²) in [5, 5.41) is -0.404. The molecule has 0 saturated heterocycles. The maximum absolute atomic E-state index is 13.1. The zero-order valence-corrected chi connectivity index (χ0v) is 20.9. The summed E-state index contributed by atoms with van der Waals surface area (Å²) >= 11 is -0.744. The Labute approximate surface area is 190 Å². The van der Waals surface area contributed by atoms with E-state index in [-0.39, 0.29) is 18.1 Å². The molecule has 0 radical (unpaired) electrons. The summed E-state index contributed by atoms with van der Waals surface area (Å²) in [6, 6.07) is 6.24. The molecule has 1 aromatic rings. The van der Waals surface area contributed by atoms with Gasteiger partial charge in [0, 0.05) is 0 Å². The molecule has 2 N–H and O–H groups in total. The number of Topliss-reactive ketones (excluding diaryl/α,β-unsaturated/α-hetero) is 1. The first-order chi connectivity index (χ1) is 14.1. The number of nitrogens with zero attached hydrogens (tertiary/aromatic N) is 2. The molecule has 0 spiro atoms. The third-order valence-electron chi connectivity index (χ3n) is 4.26. The van der Waals surface area contributed by atoms with Crippen molar-refractivity contribution in [3.8, 4) is 0 Å². The van der Waals surface area contributed by atoms with Crippen molar-refractivity contribution in [1.82, 2.24) is 9.62 Å². The van der Waals surface area contributed by atoms with Crippen LogP contribution in [-0.4, -0.2) is 46.3 Å².